The molecule has 158 valence electrons. The van der Waals surface area contributed by atoms with E-state index in [-0.39, 0.29) is 12.0 Å². The van der Waals surface area contributed by atoms with Crippen LogP contribution in [0.1, 0.15) is 27.8 Å². The number of methoxy groups -OCH3 is 1. The monoisotopic (exact) mass is 424 g/mol. The van der Waals surface area contributed by atoms with Crippen molar-refractivity contribution < 1.29 is 31.1 Å². The Morgan fingerprint density at radius 1 is 0.867 bits per heavy atom. The summed E-state index contributed by atoms with van der Waals surface area (Å²) in [5.74, 6) is 0.489. The first-order valence-electron chi connectivity index (χ1n) is 9.02. The van der Waals surface area contributed by atoms with Crippen molar-refractivity contribution in [2.75, 3.05) is 7.11 Å². The number of rotatable bonds is 5. The van der Waals surface area contributed by atoms with Crippen LogP contribution in [0.25, 0.3) is 10.8 Å². The Hall–Kier alpha value is -2.96. The minimum Gasteiger partial charge on any atom is -0.496 e. The van der Waals surface area contributed by atoms with Crippen molar-refractivity contribution in [2.45, 2.75) is 25.2 Å². The first kappa shape index (κ1) is 21.7. The van der Waals surface area contributed by atoms with Crippen molar-refractivity contribution in [1.29, 1.82) is 0 Å². The van der Waals surface area contributed by atoms with Gasteiger partial charge in [0.2, 0.25) is 0 Å². The number of hydrogen-bond acceptors (Lipinski definition) is 1. The Balaban J connectivity index is 2.28. The molecule has 3 aromatic carbocycles. The zero-order valence-corrected chi connectivity index (χ0v) is 16.0. The van der Waals surface area contributed by atoms with Crippen LogP contribution in [0.2, 0.25) is 0 Å². The summed E-state index contributed by atoms with van der Waals surface area (Å²) < 4.78 is 87.8. The van der Waals surface area contributed by atoms with Crippen molar-refractivity contribution >= 4 is 10.8 Å². The molecule has 0 bridgehead atoms. The van der Waals surface area contributed by atoms with Crippen LogP contribution < -0.4 is 4.74 Å². The number of benzene rings is 3. The van der Waals surface area contributed by atoms with Gasteiger partial charge in [-0.05, 0) is 53.1 Å². The minimum atomic E-state index is -4.94. The predicted octanol–water partition coefficient (Wildman–Crippen LogP) is 7.21. The van der Waals surface area contributed by atoms with E-state index < -0.39 is 35.5 Å². The SMILES string of the molecule is C=CCc1cc(C(F)(F)F)c(Cc2ccc(OC)c3ccccc23)c(C(F)(F)F)c1. The average molecular weight is 424 g/mol. The second-order valence-corrected chi connectivity index (χ2v) is 6.81. The summed E-state index contributed by atoms with van der Waals surface area (Å²) in [5, 5.41) is 1.15. The van der Waals surface area contributed by atoms with Crippen molar-refractivity contribution in [3.05, 3.63) is 89.0 Å². The van der Waals surface area contributed by atoms with E-state index in [1.54, 1.807) is 30.3 Å². The van der Waals surface area contributed by atoms with E-state index in [1.165, 1.54) is 19.3 Å². The molecule has 1 nitrogen and oxygen atoms in total. The molecule has 0 radical (unpaired) electrons. The van der Waals surface area contributed by atoms with E-state index in [0.29, 0.717) is 22.1 Å². The van der Waals surface area contributed by atoms with Gasteiger partial charge in [0.1, 0.15) is 5.75 Å². The first-order valence-corrected chi connectivity index (χ1v) is 9.02. The molecule has 0 saturated carbocycles. The second-order valence-electron chi connectivity index (χ2n) is 6.81. The summed E-state index contributed by atoms with van der Waals surface area (Å²) in [5.41, 5.74) is -3.10. The highest BCUT2D eigenvalue weighted by Crippen LogP contribution is 2.42. The molecule has 0 saturated heterocycles. The minimum absolute atomic E-state index is 0.0898. The van der Waals surface area contributed by atoms with Crippen LogP contribution >= 0.6 is 0 Å². The lowest BCUT2D eigenvalue weighted by Crippen LogP contribution is -2.18. The number of halogens is 6. The fraction of sp³-hybridized carbons (Fsp3) is 0.217. The molecule has 0 aliphatic heterocycles. The Morgan fingerprint density at radius 3 is 1.93 bits per heavy atom. The number of fused-ring (bicyclic) bond motifs is 1. The van der Waals surface area contributed by atoms with E-state index in [1.807, 2.05) is 0 Å². The molecule has 0 aromatic heterocycles. The van der Waals surface area contributed by atoms with Gasteiger partial charge < -0.3 is 4.74 Å². The molecule has 0 aliphatic rings. The van der Waals surface area contributed by atoms with Crippen LogP contribution in [0.5, 0.6) is 5.75 Å². The van der Waals surface area contributed by atoms with Crippen LogP contribution in [-0.2, 0) is 25.2 Å². The molecule has 0 unspecified atom stereocenters. The van der Waals surface area contributed by atoms with Crippen molar-refractivity contribution in [3.63, 3.8) is 0 Å². The summed E-state index contributed by atoms with van der Waals surface area (Å²) in [7, 11) is 1.45. The molecule has 3 aromatic rings. The average Bonchev–Trinajstić information content (AvgIpc) is 2.67. The van der Waals surface area contributed by atoms with Gasteiger partial charge in [0.15, 0.2) is 0 Å². The number of allylic oxidation sites excluding steroid dienone is 1. The van der Waals surface area contributed by atoms with Crippen molar-refractivity contribution in [2.24, 2.45) is 0 Å². The third-order valence-corrected chi connectivity index (χ3v) is 4.86. The molecule has 0 N–H and O–H groups in total. The molecular weight excluding hydrogens is 406 g/mol. The lowest BCUT2D eigenvalue weighted by molar-refractivity contribution is -0.144. The number of ether oxygens (including phenoxy) is 1. The zero-order chi connectivity index (χ0) is 22.1. The van der Waals surface area contributed by atoms with Gasteiger partial charge in [-0.15, -0.1) is 6.58 Å². The third-order valence-electron chi connectivity index (χ3n) is 4.86. The highest BCUT2D eigenvalue weighted by atomic mass is 19.4. The number of hydrogen-bond donors (Lipinski definition) is 0. The molecule has 0 amide bonds. The fourth-order valence-corrected chi connectivity index (χ4v) is 3.57. The summed E-state index contributed by atoms with van der Waals surface area (Å²) in [6.07, 6.45) is -9.23. The zero-order valence-electron chi connectivity index (χ0n) is 16.0. The van der Waals surface area contributed by atoms with Crippen LogP contribution in [-0.4, -0.2) is 7.11 Å². The van der Waals surface area contributed by atoms with E-state index in [2.05, 4.69) is 6.58 Å². The van der Waals surface area contributed by atoms with Crippen LogP contribution in [0.3, 0.4) is 0 Å². The third kappa shape index (κ3) is 4.30. The Morgan fingerprint density at radius 2 is 1.43 bits per heavy atom. The molecule has 3 rings (SSSR count). The quantitative estimate of drug-likeness (QED) is 0.311. The van der Waals surface area contributed by atoms with Crippen LogP contribution in [0, 0.1) is 0 Å². The maximum Gasteiger partial charge on any atom is 0.416 e. The highest BCUT2D eigenvalue weighted by molar-refractivity contribution is 5.91. The Kier molecular flexibility index (Phi) is 5.83. The van der Waals surface area contributed by atoms with Crippen molar-refractivity contribution in [1.82, 2.24) is 0 Å². The smallest absolute Gasteiger partial charge is 0.416 e. The van der Waals surface area contributed by atoms with E-state index >= 15 is 0 Å². The maximum atomic E-state index is 13.8. The van der Waals surface area contributed by atoms with Crippen LogP contribution in [0.4, 0.5) is 26.3 Å². The predicted molar refractivity (Wildman–Crippen MR) is 104 cm³/mol. The highest BCUT2D eigenvalue weighted by Gasteiger charge is 2.41. The van der Waals surface area contributed by atoms with Gasteiger partial charge in [0.25, 0.3) is 0 Å². The van der Waals surface area contributed by atoms with Crippen molar-refractivity contribution in [3.8, 4) is 5.75 Å². The van der Waals surface area contributed by atoms with Gasteiger partial charge in [-0.2, -0.15) is 26.3 Å². The van der Waals surface area contributed by atoms with Gasteiger partial charge in [-0.3, -0.25) is 0 Å². The standard InChI is InChI=1S/C23H18F6O/c1-3-6-14-11-19(22(24,25)26)18(20(12-14)23(27,28)29)13-15-9-10-21(30-2)17-8-5-4-7-16(15)17/h3-5,7-12H,1,6,13H2,2H3. The lowest BCUT2D eigenvalue weighted by Gasteiger charge is -2.21. The number of alkyl halides is 6. The van der Waals surface area contributed by atoms with Gasteiger partial charge in [-0.1, -0.05) is 36.4 Å². The molecular formula is C23H18F6O. The van der Waals surface area contributed by atoms with E-state index in [9.17, 15) is 26.3 Å². The molecule has 0 heterocycles. The van der Waals surface area contributed by atoms with Crippen LogP contribution in [0.15, 0.2) is 61.2 Å². The molecule has 30 heavy (non-hydrogen) atoms. The molecule has 0 aliphatic carbocycles. The van der Waals surface area contributed by atoms with Gasteiger partial charge >= 0.3 is 12.4 Å². The van der Waals surface area contributed by atoms with E-state index in [4.69, 9.17) is 4.74 Å². The Bertz CT molecular complexity index is 1040. The lowest BCUT2D eigenvalue weighted by atomic mass is 9.89. The molecule has 0 fully saturated rings. The summed E-state index contributed by atoms with van der Waals surface area (Å²) in [4.78, 5) is 0. The maximum absolute atomic E-state index is 13.8. The van der Waals surface area contributed by atoms with Gasteiger partial charge in [-0.25, -0.2) is 0 Å². The van der Waals surface area contributed by atoms with Gasteiger partial charge in [0.05, 0.1) is 18.2 Å². The summed E-state index contributed by atoms with van der Waals surface area (Å²) in [6.45, 7) is 3.41. The second kappa shape index (κ2) is 8.05. The largest absolute Gasteiger partial charge is 0.496 e. The Labute approximate surface area is 169 Å². The molecule has 7 heteroatoms. The van der Waals surface area contributed by atoms with E-state index in [0.717, 1.165) is 12.1 Å². The topological polar surface area (TPSA) is 9.23 Å². The fourth-order valence-electron chi connectivity index (χ4n) is 3.57. The molecule has 0 spiro atoms. The van der Waals surface area contributed by atoms with Gasteiger partial charge in [0, 0.05) is 5.39 Å². The summed E-state index contributed by atoms with van der Waals surface area (Å²) in [6, 6.07) is 11.4. The molecule has 0 atom stereocenters. The summed E-state index contributed by atoms with van der Waals surface area (Å²) >= 11 is 0. The first-order chi connectivity index (χ1) is 14.1. The normalized spacial score (nSPS) is 12.2.